The van der Waals surface area contributed by atoms with Gasteiger partial charge in [0.25, 0.3) is 0 Å². The molecule has 2 aliphatic rings. The normalized spacial score (nSPS) is 19.3. The zero-order chi connectivity index (χ0) is 22.1. The van der Waals surface area contributed by atoms with Gasteiger partial charge in [-0.05, 0) is 41.2 Å². The number of hydrogen-bond donors (Lipinski definition) is 1. The molecule has 2 aromatic carbocycles. The SMILES string of the molecule is CN1CCN(CCC2COc3cc4ncnc(Nc5cccc(Br)c5F)c4cc3O2)CC1. The van der Waals surface area contributed by atoms with Crippen LogP contribution in [-0.2, 0) is 0 Å². The van der Waals surface area contributed by atoms with Gasteiger partial charge in [-0.3, -0.25) is 0 Å². The average Bonchev–Trinajstić information content (AvgIpc) is 2.80. The van der Waals surface area contributed by atoms with Crippen molar-refractivity contribution < 1.29 is 13.9 Å². The van der Waals surface area contributed by atoms with E-state index in [9.17, 15) is 4.39 Å². The topological polar surface area (TPSA) is 62.8 Å². The number of nitrogens with zero attached hydrogens (tertiary/aromatic N) is 4. The van der Waals surface area contributed by atoms with Gasteiger partial charge in [0.2, 0.25) is 0 Å². The van der Waals surface area contributed by atoms with Gasteiger partial charge in [0.15, 0.2) is 17.3 Å². The number of anilines is 2. The predicted octanol–water partition coefficient (Wildman–Crippen LogP) is 4.05. The molecule has 1 aromatic heterocycles. The molecule has 0 spiro atoms. The van der Waals surface area contributed by atoms with Crippen molar-refractivity contribution in [1.82, 2.24) is 19.8 Å². The minimum absolute atomic E-state index is 0.0110. The molecule has 0 bridgehead atoms. The highest BCUT2D eigenvalue weighted by atomic mass is 79.9. The van der Waals surface area contributed by atoms with E-state index >= 15 is 0 Å². The number of fused-ring (bicyclic) bond motifs is 2. The van der Waals surface area contributed by atoms with E-state index < -0.39 is 0 Å². The number of benzene rings is 2. The van der Waals surface area contributed by atoms with Crippen LogP contribution in [0, 0.1) is 5.82 Å². The minimum Gasteiger partial charge on any atom is -0.486 e. The fourth-order valence-corrected chi connectivity index (χ4v) is 4.40. The zero-order valence-corrected chi connectivity index (χ0v) is 19.4. The van der Waals surface area contributed by atoms with E-state index in [-0.39, 0.29) is 11.9 Å². The quantitative estimate of drug-likeness (QED) is 0.565. The van der Waals surface area contributed by atoms with E-state index in [1.807, 2.05) is 12.1 Å². The van der Waals surface area contributed by atoms with Crippen LogP contribution >= 0.6 is 15.9 Å². The predicted molar refractivity (Wildman–Crippen MR) is 125 cm³/mol. The standard InChI is InChI=1S/C23H25BrFN5O2/c1-29-7-9-30(10-8-29)6-5-15-13-31-20-12-19-16(11-21(20)32-15)23(27-14-26-19)28-18-4-2-3-17(24)22(18)25/h2-4,11-12,14-15H,5-10,13H2,1H3,(H,26,27,28). The second-order valence-electron chi connectivity index (χ2n) is 8.25. The molecule has 5 rings (SSSR count). The maximum absolute atomic E-state index is 14.5. The van der Waals surface area contributed by atoms with Crippen LogP contribution in [-0.4, -0.2) is 72.3 Å². The smallest absolute Gasteiger partial charge is 0.163 e. The van der Waals surface area contributed by atoms with E-state index in [1.54, 1.807) is 18.2 Å². The van der Waals surface area contributed by atoms with Crippen molar-refractivity contribution in [2.24, 2.45) is 0 Å². The number of aromatic nitrogens is 2. The summed E-state index contributed by atoms with van der Waals surface area (Å²) >= 11 is 3.22. The molecule has 0 amide bonds. The molecular weight excluding hydrogens is 477 g/mol. The lowest BCUT2D eigenvalue weighted by atomic mass is 10.1. The molecule has 1 N–H and O–H groups in total. The number of piperazine rings is 1. The highest BCUT2D eigenvalue weighted by molar-refractivity contribution is 9.10. The summed E-state index contributed by atoms with van der Waals surface area (Å²) in [6, 6.07) is 8.82. The summed E-state index contributed by atoms with van der Waals surface area (Å²) in [7, 11) is 2.16. The maximum Gasteiger partial charge on any atom is 0.163 e. The first kappa shape index (κ1) is 21.4. The first-order chi connectivity index (χ1) is 15.6. The lowest BCUT2D eigenvalue weighted by Crippen LogP contribution is -2.45. The fourth-order valence-electron chi connectivity index (χ4n) is 4.03. The third-order valence-electron chi connectivity index (χ3n) is 5.99. The van der Waals surface area contributed by atoms with Crippen molar-refractivity contribution in [3.8, 4) is 11.5 Å². The lowest BCUT2D eigenvalue weighted by Gasteiger charge is -2.34. The molecule has 3 heterocycles. The summed E-state index contributed by atoms with van der Waals surface area (Å²) < 4.78 is 27.1. The molecule has 168 valence electrons. The summed E-state index contributed by atoms with van der Waals surface area (Å²) in [6.07, 6.45) is 2.35. The Morgan fingerprint density at radius 3 is 2.84 bits per heavy atom. The number of rotatable bonds is 5. The summed E-state index contributed by atoms with van der Waals surface area (Å²) in [5, 5.41) is 3.83. The van der Waals surface area contributed by atoms with Crippen molar-refractivity contribution in [3.63, 3.8) is 0 Å². The van der Waals surface area contributed by atoms with Crippen LogP contribution in [0.2, 0.25) is 0 Å². The average molecular weight is 502 g/mol. The van der Waals surface area contributed by atoms with Gasteiger partial charge in [-0.2, -0.15) is 0 Å². The second-order valence-corrected chi connectivity index (χ2v) is 9.10. The molecule has 1 fully saturated rings. The molecule has 1 saturated heterocycles. The van der Waals surface area contributed by atoms with Crippen molar-refractivity contribution in [2.45, 2.75) is 12.5 Å². The van der Waals surface area contributed by atoms with Crippen LogP contribution in [0.1, 0.15) is 6.42 Å². The number of hydrogen-bond acceptors (Lipinski definition) is 7. The van der Waals surface area contributed by atoms with Crippen molar-refractivity contribution in [1.29, 1.82) is 0 Å². The van der Waals surface area contributed by atoms with Gasteiger partial charge in [-0.15, -0.1) is 0 Å². The van der Waals surface area contributed by atoms with Gasteiger partial charge in [0.05, 0.1) is 15.7 Å². The highest BCUT2D eigenvalue weighted by Gasteiger charge is 2.24. The van der Waals surface area contributed by atoms with Gasteiger partial charge in [-0.25, -0.2) is 14.4 Å². The lowest BCUT2D eigenvalue weighted by molar-refractivity contribution is 0.0679. The first-order valence-corrected chi connectivity index (χ1v) is 11.6. The Balaban J connectivity index is 1.34. The Morgan fingerprint density at radius 1 is 1.16 bits per heavy atom. The van der Waals surface area contributed by atoms with Crippen LogP contribution in [0.4, 0.5) is 15.9 Å². The molecule has 9 heteroatoms. The summed E-state index contributed by atoms with van der Waals surface area (Å²) in [5.74, 6) is 1.48. The first-order valence-electron chi connectivity index (χ1n) is 10.8. The van der Waals surface area contributed by atoms with Gasteiger partial charge < -0.3 is 24.6 Å². The van der Waals surface area contributed by atoms with Gasteiger partial charge in [0.1, 0.15) is 24.9 Å². The molecule has 3 aromatic rings. The molecule has 0 radical (unpaired) electrons. The second kappa shape index (κ2) is 9.17. The van der Waals surface area contributed by atoms with E-state index in [1.165, 1.54) is 6.33 Å². The largest absolute Gasteiger partial charge is 0.486 e. The highest BCUT2D eigenvalue weighted by Crippen LogP contribution is 2.38. The molecule has 2 aliphatic heterocycles. The Bertz CT molecular complexity index is 1120. The van der Waals surface area contributed by atoms with Crippen molar-refractivity contribution in [3.05, 3.63) is 46.9 Å². The molecule has 0 aliphatic carbocycles. The monoisotopic (exact) mass is 501 g/mol. The Morgan fingerprint density at radius 2 is 2.00 bits per heavy atom. The molecule has 1 atom stereocenters. The molecular formula is C23H25BrFN5O2. The van der Waals surface area contributed by atoms with Gasteiger partial charge in [-0.1, -0.05) is 6.07 Å². The number of ether oxygens (including phenoxy) is 2. The Labute approximate surface area is 194 Å². The van der Waals surface area contributed by atoms with Crippen molar-refractivity contribution in [2.75, 3.05) is 51.7 Å². The van der Waals surface area contributed by atoms with E-state index in [4.69, 9.17) is 9.47 Å². The van der Waals surface area contributed by atoms with Crippen LogP contribution < -0.4 is 14.8 Å². The van der Waals surface area contributed by atoms with Crippen LogP contribution in [0.5, 0.6) is 11.5 Å². The summed E-state index contributed by atoms with van der Waals surface area (Å²) in [6.45, 7) is 5.89. The Hall–Kier alpha value is -2.49. The fraction of sp³-hybridized carbons (Fsp3) is 0.391. The maximum atomic E-state index is 14.5. The number of halogens is 2. The van der Waals surface area contributed by atoms with Crippen molar-refractivity contribution >= 4 is 38.3 Å². The minimum atomic E-state index is -0.374. The van der Waals surface area contributed by atoms with Crippen LogP contribution in [0.25, 0.3) is 10.9 Å². The molecule has 0 saturated carbocycles. The zero-order valence-electron chi connectivity index (χ0n) is 17.9. The molecule has 7 nitrogen and oxygen atoms in total. The molecule has 1 unspecified atom stereocenters. The summed E-state index contributed by atoms with van der Waals surface area (Å²) in [5.41, 5.74) is 1.04. The molecule has 32 heavy (non-hydrogen) atoms. The van der Waals surface area contributed by atoms with E-state index in [0.717, 1.165) is 44.5 Å². The third-order valence-corrected chi connectivity index (χ3v) is 6.60. The van der Waals surface area contributed by atoms with Crippen LogP contribution in [0.3, 0.4) is 0 Å². The summed E-state index contributed by atoms with van der Waals surface area (Å²) in [4.78, 5) is 13.5. The van der Waals surface area contributed by atoms with Gasteiger partial charge in [0, 0.05) is 50.6 Å². The number of nitrogens with one attached hydrogen (secondary N) is 1. The Kier molecular flexibility index (Phi) is 6.12. The number of likely N-dealkylation sites (N-methyl/N-ethyl adjacent to an activating group) is 1. The third kappa shape index (κ3) is 4.51. The van der Waals surface area contributed by atoms with E-state index in [2.05, 4.69) is 48.1 Å². The van der Waals surface area contributed by atoms with E-state index in [0.29, 0.717) is 39.6 Å². The van der Waals surface area contributed by atoms with Gasteiger partial charge >= 0.3 is 0 Å². The van der Waals surface area contributed by atoms with Crippen LogP contribution in [0.15, 0.2) is 41.1 Å².